The van der Waals surface area contributed by atoms with Gasteiger partial charge in [0.2, 0.25) is 5.78 Å². The number of fused-ring (bicyclic) bond motifs is 2. The molecule has 2 aromatic heterocycles. The summed E-state index contributed by atoms with van der Waals surface area (Å²) in [4.78, 5) is 38.4. The number of hydrogen-bond acceptors (Lipinski definition) is 5. The second-order valence-electron chi connectivity index (χ2n) is 6.92. The summed E-state index contributed by atoms with van der Waals surface area (Å²) in [6.07, 6.45) is 0. The highest BCUT2D eigenvalue weighted by Gasteiger charge is 2.24. The van der Waals surface area contributed by atoms with Crippen molar-refractivity contribution in [1.29, 1.82) is 0 Å². The van der Waals surface area contributed by atoms with Crippen LogP contribution in [-0.2, 0) is 0 Å². The minimum absolute atomic E-state index is 0.00360. The summed E-state index contributed by atoms with van der Waals surface area (Å²) < 4.78 is 11.4. The molecule has 0 saturated heterocycles. The van der Waals surface area contributed by atoms with Crippen molar-refractivity contribution in [2.75, 3.05) is 5.32 Å². The third-order valence-electron chi connectivity index (χ3n) is 4.93. The van der Waals surface area contributed by atoms with E-state index in [1.807, 2.05) is 0 Å². The Hall–Kier alpha value is -4.45. The number of para-hydroxylation sites is 2. The quantitative estimate of drug-likeness (QED) is 0.421. The van der Waals surface area contributed by atoms with Crippen molar-refractivity contribution in [3.63, 3.8) is 0 Å². The van der Waals surface area contributed by atoms with Crippen LogP contribution >= 0.6 is 0 Å². The summed E-state index contributed by atoms with van der Waals surface area (Å²) in [5.74, 6) is -1.18. The highest BCUT2D eigenvalue weighted by Crippen LogP contribution is 2.33. The van der Waals surface area contributed by atoms with Crippen LogP contribution in [0.15, 0.2) is 98.6 Å². The molecular formula is C25H15NO5. The number of ketones is 1. The molecule has 1 N–H and O–H groups in total. The molecule has 0 bridgehead atoms. The highest BCUT2D eigenvalue weighted by molar-refractivity contribution is 6.18. The van der Waals surface area contributed by atoms with E-state index in [-0.39, 0.29) is 28.4 Å². The van der Waals surface area contributed by atoms with Gasteiger partial charge in [0.05, 0.1) is 11.1 Å². The number of carbonyl (C=O) groups is 2. The third kappa shape index (κ3) is 3.30. The third-order valence-corrected chi connectivity index (χ3v) is 4.93. The zero-order valence-corrected chi connectivity index (χ0v) is 16.1. The number of hydrogen-bond donors (Lipinski definition) is 1. The van der Waals surface area contributed by atoms with Gasteiger partial charge in [-0.3, -0.25) is 14.4 Å². The van der Waals surface area contributed by atoms with E-state index >= 15 is 0 Å². The molecule has 0 unspecified atom stereocenters. The second-order valence-corrected chi connectivity index (χ2v) is 6.92. The maximum atomic E-state index is 13.1. The molecule has 3 aromatic carbocycles. The molecule has 0 saturated carbocycles. The normalized spacial score (nSPS) is 11.0. The number of furan rings is 1. The largest absolute Gasteiger partial charge is 0.451 e. The predicted molar refractivity (Wildman–Crippen MR) is 117 cm³/mol. The number of nitrogens with one attached hydrogen (secondary N) is 1. The van der Waals surface area contributed by atoms with Crippen molar-refractivity contribution in [2.45, 2.75) is 0 Å². The Morgan fingerprint density at radius 1 is 0.710 bits per heavy atom. The first-order valence-electron chi connectivity index (χ1n) is 9.57. The van der Waals surface area contributed by atoms with Gasteiger partial charge in [0.15, 0.2) is 16.9 Å². The summed E-state index contributed by atoms with van der Waals surface area (Å²) in [5.41, 5.74) is 1.08. The van der Waals surface area contributed by atoms with Gasteiger partial charge in [-0.1, -0.05) is 54.6 Å². The SMILES string of the molecule is O=C(Nc1c(C(=O)c2ccccc2)oc2ccccc12)c1cc(=O)c2ccccc2o1. The second kappa shape index (κ2) is 7.42. The first-order chi connectivity index (χ1) is 15.1. The Bertz CT molecular complexity index is 1510. The lowest BCUT2D eigenvalue weighted by Gasteiger charge is -2.06. The van der Waals surface area contributed by atoms with Crippen LogP contribution in [-0.4, -0.2) is 11.7 Å². The zero-order chi connectivity index (χ0) is 21.4. The van der Waals surface area contributed by atoms with Crippen LogP contribution in [0.3, 0.4) is 0 Å². The average molecular weight is 409 g/mol. The van der Waals surface area contributed by atoms with Gasteiger partial charge >= 0.3 is 0 Å². The molecule has 0 atom stereocenters. The lowest BCUT2D eigenvalue weighted by Crippen LogP contribution is -2.16. The number of carbonyl (C=O) groups excluding carboxylic acids is 2. The highest BCUT2D eigenvalue weighted by atomic mass is 16.4. The number of rotatable bonds is 4. The van der Waals surface area contributed by atoms with E-state index in [0.29, 0.717) is 27.5 Å². The average Bonchev–Trinajstić information content (AvgIpc) is 3.17. The molecule has 5 rings (SSSR count). The molecule has 0 spiro atoms. The molecule has 6 nitrogen and oxygen atoms in total. The van der Waals surface area contributed by atoms with Gasteiger partial charge in [-0.25, -0.2) is 0 Å². The molecule has 6 heteroatoms. The van der Waals surface area contributed by atoms with Gasteiger partial charge in [0.25, 0.3) is 5.91 Å². The van der Waals surface area contributed by atoms with Crippen molar-refractivity contribution >= 4 is 39.3 Å². The van der Waals surface area contributed by atoms with Crippen molar-refractivity contribution in [3.05, 3.63) is 112 Å². The molecule has 0 fully saturated rings. The summed E-state index contributed by atoms with van der Waals surface area (Å²) in [6, 6.07) is 23.5. The molecule has 150 valence electrons. The summed E-state index contributed by atoms with van der Waals surface area (Å²) in [7, 11) is 0. The van der Waals surface area contributed by atoms with E-state index < -0.39 is 5.91 Å². The Morgan fingerprint density at radius 3 is 2.06 bits per heavy atom. The first kappa shape index (κ1) is 18.6. The predicted octanol–water partition coefficient (Wildman–Crippen LogP) is 5.02. The van der Waals surface area contributed by atoms with Gasteiger partial charge in [-0.15, -0.1) is 0 Å². The van der Waals surface area contributed by atoms with E-state index in [1.165, 1.54) is 0 Å². The van der Waals surface area contributed by atoms with Crippen LogP contribution in [0.4, 0.5) is 5.69 Å². The molecule has 0 aliphatic rings. The minimum atomic E-state index is -0.656. The fourth-order valence-corrected chi connectivity index (χ4v) is 3.44. The lowest BCUT2D eigenvalue weighted by molar-refractivity contribution is 0.0997. The van der Waals surface area contributed by atoms with Crippen LogP contribution in [0.5, 0.6) is 0 Å². The standard InChI is InChI=1S/C25H15NO5/c27-18-14-21(30-19-12-6-4-10-16(18)19)25(29)26-22-17-11-5-7-13-20(17)31-24(22)23(28)15-8-2-1-3-9-15/h1-14H,(H,26,29). The van der Waals surface area contributed by atoms with Crippen molar-refractivity contribution in [1.82, 2.24) is 0 Å². The smallest absolute Gasteiger partial charge is 0.291 e. The lowest BCUT2D eigenvalue weighted by atomic mass is 10.1. The molecule has 31 heavy (non-hydrogen) atoms. The van der Waals surface area contributed by atoms with Crippen molar-refractivity contribution in [3.8, 4) is 0 Å². The Morgan fingerprint density at radius 2 is 1.32 bits per heavy atom. The molecule has 0 aliphatic heterocycles. The summed E-state index contributed by atoms with van der Waals surface area (Å²) >= 11 is 0. The monoisotopic (exact) mass is 409 g/mol. The van der Waals surface area contributed by atoms with E-state index in [2.05, 4.69) is 5.32 Å². The maximum absolute atomic E-state index is 13.1. The number of benzene rings is 3. The van der Waals surface area contributed by atoms with Crippen LogP contribution < -0.4 is 10.7 Å². The number of anilines is 1. The number of amides is 1. The molecule has 2 heterocycles. The van der Waals surface area contributed by atoms with Gasteiger partial charge in [0.1, 0.15) is 11.2 Å². The van der Waals surface area contributed by atoms with E-state index in [0.717, 1.165) is 6.07 Å². The fraction of sp³-hybridized carbons (Fsp3) is 0. The van der Waals surface area contributed by atoms with Gasteiger partial charge in [-0.05, 0) is 24.3 Å². The maximum Gasteiger partial charge on any atom is 0.291 e. The van der Waals surface area contributed by atoms with Crippen LogP contribution in [0.25, 0.3) is 21.9 Å². The van der Waals surface area contributed by atoms with Crippen LogP contribution in [0, 0.1) is 0 Å². The van der Waals surface area contributed by atoms with Crippen molar-refractivity contribution < 1.29 is 18.4 Å². The van der Waals surface area contributed by atoms with Gasteiger partial charge < -0.3 is 14.2 Å². The zero-order valence-electron chi connectivity index (χ0n) is 16.1. The Balaban J connectivity index is 1.60. The van der Waals surface area contributed by atoms with E-state index in [4.69, 9.17) is 8.83 Å². The molecule has 5 aromatic rings. The summed E-state index contributed by atoms with van der Waals surface area (Å²) in [5, 5.41) is 3.66. The topological polar surface area (TPSA) is 89.5 Å². The van der Waals surface area contributed by atoms with E-state index in [9.17, 15) is 14.4 Å². The first-order valence-corrected chi connectivity index (χ1v) is 9.57. The van der Waals surface area contributed by atoms with Crippen LogP contribution in [0.1, 0.15) is 26.7 Å². The Labute approximate surface area is 175 Å². The van der Waals surface area contributed by atoms with E-state index in [1.54, 1.807) is 78.9 Å². The summed E-state index contributed by atoms with van der Waals surface area (Å²) in [6.45, 7) is 0. The van der Waals surface area contributed by atoms with Gasteiger partial charge in [0, 0.05) is 17.0 Å². The van der Waals surface area contributed by atoms with Crippen LogP contribution in [0.2, 0.25) is 0 Å². The fourth-order valence-electron chi connectivity index (χ4n) is 3.44. The minimum Gasteiger partial charge on any atom is -0.451 e. The molecule has 1 amide bonds. The van der Waals surface area contributed by atoms with Gasteiger partial charge in [-0.2, -0.15) is 0 Å². The van der Waals surface area contributed by atoms with Crippen molar-refractivity contribution in [2.24, 2.45) is 0 Å². The molecule has 0 radical (unpaired) electrons. The Kier molecular flexibility index (Phi) is 4.45. The molecular weight excluding hydrogens is 394 g/mol. The molecule has 0 aliphatic carbocycles.